The highest BCUT2D eigenvalue weighted by atomic mass is 32.1. The van der Waals surface area contributed by atoms with E-state index < -0.39 is 29.8 Å². The number of carbonyl (C=O) groups excluding carboxylic acids is 3. The summed E-state index contributed by atoms with van der Waals surface area (Å²) >= 11 is 1.34. The summed E-state index contributed by atoms with van der Waals surface area (Å²) in [6, 6.07) is 7.07. The fraction of sp³-hybridized carbons (Fsp3) is 0.440. The first kappa shape index (κ1) is 26.4. The van der Waals surface area contributed by atoms with Crippen molar-refractivity contribution in [3.63, 3.8) is 0 Å². The van der Waals surface area contributed by atoms with Gasteiger partial charge in [-0.1, -0.05) is 19.8 Å². The van der Waals surface area contributed by atoms with Gasteiger partial charge in [0.15, 0.2) is 0 Å². The molecule has 1 aromatic carbocycles. The summed E-state index contributed by atoms with van der Waals surface area (Å²) in [6.45, 7) is 3.48. The largest absolute Gasteiger partial charge is 0.494 e. The molecule has 3 rings (SSSR count). The van der Waals surface area contributed by atoms with Crippen LogP contribution >= 0.6 is 11.3 Å². The minimum Gasteiger partial charge on any atom is -0.494 e. The number of unbranched alkanes of at least 4 members (excludes halogenated alkanes) is 2. The normalized spacial score (nSPS) is 15.9. The third-order valence-electron chi connectivity index (χ3n) is 5.75. The zero-order chi connectivity index (χ0) is 25.2. The number of hydrogen-bond donors (Lipinski definition) is 5. The van der Waals surface area contributed by atoms with E-state index in [1.807, 2.05) is 0 Å². The van der Waals surface area contributed by atoms with E-state index in [-0.39, 0.29) is 12.3 Å². The van der Waals surface area contributed by atoms with Crippen LogP contribution in [0, 0.1) is 5.41 Å². The Balaban J connectivity index is 1.67. The number of carbonyl (C=O) groups is 3. The summed E-state index contributed by atoms with van der Waals surface area (Å²) in [6.07, 6.45) is 4.88. The zero-order valence-electron chi connectivity index (χ0n) is 19.9. The van der Waals surface area contributed by atoms with Gasteiger partial charge in [0.25, 0.3) is 5.91 Å². The molecule has 35 heavy (non-hydrogen) atoms. The van der Waals surface area contributed by atoms with E-state index in [0.717, 1.165) is 37.1 Å². The molecule has 0 radical (unpaired) electrons. The third kappa shape index (κ3) is 7.90. The molecule has 0 aliphatic carbocycles. The molecule has 0 saturated carbocycles. The Morgan fingerprint density at radius 3 is 2.63 bits per heavy atom. The lowest BCUT2D eigenvalue weighted by atomic mass is 10.1. The number of amidine groups is 1. The molecule has 10 heteroatoms. The van der Waals surface area contributed by atoms with Crippen LogP contribution in [0.5, 0.6) is 5.75 Å². The average Bonchev–Trinajstić information content (AvgIpc) is 3.54. The van der Waals surface area contributed by atoms with E-state index in [4.69, 9.17) is 15.9 Å². The monoisotopic (exact) mass is 499 g/mol. The van der Waals surface area contributed by atoms with Crippen LogP contribution in [0.4, 0.5) is 0 Å². The summed E-state index contributed by atoms with van der Waals surface area (Å²) in [5.74, 6) is -0.802. The van der Waals surface area contributed by atoms with Crippen molar-refractivity contribution in [2.75, 3.05) is 13.2 Å². The summed E-state index contributed by atoms with van der Waals surface area (Å²) < 4.78 is 5.69. The fourth-order valence-electron chi connectivity index (χ4n) is 3.73. The smallest absolute Gasteiger partial charge is 0.251 e. The van der Waals surface area contributed by atoms with E-state index >= 15 is 0 Å². The number of amides is 3. The maximum Gasteiger partial charge on any atom is 0.251 e. The molecule has 0 bridgehead atoms. The summed E-state index contributed by atoms with van der Waals surface area (Å²) in [5.41, 5.74) is 6.48. The fourth-order valence-corrected chi connectivity index (χ4v) is 4.66. The first-order chi connectivity index (χ1) is 16.9. The van der Waals surface area contributed by atoms with Gasteiger partial charge in [0, 0.05) is 27.8 Å². The topological polar surface area (TPSA) is 146 Å². The predicted octanol–water partition coefficient (Wildman–Crippen LogP) is 2.34. The van der Waals surface area contributed by atoms with Crippen LogP contribution in [0.1, 0.15) is 59.8 Å². The Labute approximate surface area is 209 Å². The van der Waals surface area contributed by atoms with Crippen molar-refractivity contribution in [3.8, 4) is 5.75 Å². The summed E-state index contributed by atoms with van der Waals surface area (Å²) in [7, 11) is 0. The van der Waals surface area contributed by atoms with Crippen molar-refractivity contribution in [1.29, 1.82) is 5.41 Å². The third-order valence-corrected chi connectivity index (χ3v) is 6.71. The Morgan fingerprint density at radius 1 is 1.23 bits per heavy atom. The lowest BCUT2D eigenvalue weighted by molar-refractivity contribution is -0.132. The van der Waals surface area contributed by atoms with Gasteiger partial charge in [0.2, 0.25) is 11.8 Å². The van der Waals surface area contributed by atoms with Crippen molar-refractivity contribution in [2.45, 2.75) is 57.5 Å². The predicted molar refractivity (Wildman–Crippen MR) is 136 cm³/mol. The maximum atomic E-state index is 13.0. The molecule has 1 unspecified atom stereocenters. The number of nitrogens with two attached hydrogens (primary N) is 1. The molecule has 188 valence electrons. The number of nitrogens with one attached hydrogen (secondary N) is 4. The van der Waals surface area contributed by atoms with Gasteiger partial charge in [0.05, 0.1) is 12.6 Å². The highest BCUT2D eigenvalue weighted by molar-refractivity contribution is 7.10. The second-order valence-electron chi connectivity index (χ2n) is 8.53. The molecule has 1 saturated heterocycles. The van der Waals surface area contributed by atoms with Crippen LogP contribution in [0.25, 0.3) is 0 Å². The molecule has 1 aliphatic heterocycles. The zero-order valence-corrected chi connectivity index (χ0v) is 20.7. The van der Waals surface area contributed by atoms with Gasteiger partial charge in [-0.15, -0.1) is 11.3 Å². The second kappa shape index (κ2) is 13.0. The van der Waals surface area contributed by atoms with Crippen molar-refractivity contribution in [2.24, 2.45) is 5.73 Å². The standard InChI is InChI=1S/C25H33N5O4S/c1-2-3-4-12-34-18-9-7-16(8-10-18)23(31)29-21(14-19-13-17(15-35-19)22(26)27)25(33)30-24(32)20-6-5-11-28-20/h7-10,13,15,20-21,28H,2-6,11-12,14H2,1H3,(H3,26,27)(H,29,31)(H,30,32,33)/t20?,21-/m0/s1. The lowest BCUT2D eigenvalue weighted by Crippen LogP contribution is -2.52. The molecule has 1 aromatic heterocycles. The highest BCUT2D eigenvalue weighted by Crippen LogP contribution is 2.18. The van der Waals surface area contributed by atoms with Gasteiger partial charge in [0.1, 0.15) is 17.6 Å². The maximum absolute atomic E-state index is 13.0. The van der Waals surface area contributed by atoms with Gasteiger partial charge in [-0.25, -0.2) is 0 Å². The number of thiophene rings is 1. The van der Waals surface area contributed by atoms with E-state index in [9.17, 15) is 14.4 Å². The first-order valence-electron chi connectivity index (χ1n) is 11.9. The first-order valence-corrected chi connectivity index (χ1v) is 12.8. The molecule has 3 amide bonds. The number of hydrogen-bond acceptors (Lipinski definition) is 7. The molecular weight excluding hydrogens is 466 g/mol. The molecule has 1 aliphatic rings. The lowest BCUT2D eigenvalue weighted by Gasteiger charge is -2.19. The van der Waals surface area contributed by atoms with Crippen LogP contribution in [0.2, 0.25) is 0 Å². The molecule has 9 nitrogen and oxygen atoms in total. The van der Waals surface area contributed by atoms with Gasteiger partial charge in [-0.3, -0.25) is 25.1 Å². The van der Waals surface area contributed by atoms with E-state index in [0.29, 0.717) is 29.9 Å². The van der Waals surface area contributed by atoms with Crippen LogP contribution in [0.3, 0.4) is 0 Å². The molecule has 1 fully saturated rings. The molecule has 2 heterocycles. The number of nitrogen functional groups attached to an aromatic ring is 1. The number of benzene rings is 1. The van der Waals surface area contributed by atoms with E-state index in [1.165, 1.54) is 11.3 Å². The van der Waals surface area contributed by atoms with Gasteiger partial charge >= 0.3 is 0 Å². The Kier molecular flexibility index (Phi) is 9.80. The Bertz CT molecular complexity index is 1030. The van der Waals surface area contributed by atoms with Gasteiger partial charge < -0.3 is 21.1 Å². The molecule has 6 N–H and O–H groups in total. The number of ether oxygens (including phenoxy) is 1. The molecule has 2 aromatic rings. The van der Waals surface area contributed by atoms with E-state index in [1.54, 1.807) is 35.7 Å². The van der Waals surface area contributed by atoms with Gasteiger partial charge in [-0.05, 0) is 56.1 Å². The quantitative estimate of drug-likeness (QED) is 0.172. The van der Waals surface area contributed by atoms with E-state index in [2.05, 4.69) is 22.9 Å². The van der Waals surface area contributed by atoms with Crippen LogP contribution < -0.4 is 26.4 Å². The Morgan fingerprint density at radius 2 is 2.00 bits per heavy atom. The molecule has 0 spiro atoms. The van der Waals surface area contributed by atoms with Gasteiger partial charge in [-0.2, -0.15) is 0 Å². The second-order valence-corrected chi connectivity index (χ2v) is 9.52. The Hall–Kier alpha value is -3.24. The highest BCUT2D eigenvalue weighted by Gasteiger charge is 2.28. The van der Waals surface area contributed by atoms with Crippen molar-refractivity contribution >= 4 is 34.9 Å². The molecule has 2 atom stereocenters. The van der Waals surface area contributed by atoms with Crippen molar-refractivity contribution in [3.05, 3.63) is 51.7 Å². The van der Waals surface area contributed by atoms with Crippen molar-refractivity contribution in [1.82, 2.24) is 16.0 Å². The SMILES string of the molecule is CCCCCOc1ccc(C(=O)N[C@@H](Cc2cc(C(=N)N)cs2)C(=O)NC(=O)C2CCCN2)cc1. The van der Waals surface area contributed by atoms with Crippen LogP contribution in [-0.4, -0.2) is 48.8 Å². The van der Waals surface area contributed by atoms with Crippen LogP contribution in [-0.2, 0) is 16.0 Å². The van der Waals surface area contributed by atoms with Crippen molar-refractivity contribution < 1.29 is 19.1 Å². The summed E-state index contributed by atoms with van der Waals surface area (Å²) in [5, 5.41) is 17.6. The number of imide groups is 1. The summed E-state index contributed by atoms with van der Waals surface area (Å²) in [4.78, 5) is 39.2. The average molecular weight is 500 g/mol. The minimum absolute atomic E-state index is 0.0722. The molecular formula is C25H33N5O4S. The van der Waals surface area contributed by atoms with Crippen LogP contribution in [0.15, 0.2) is 35.7 Å². The number of rotatable bonds is 12. The minimum atomic E-state index is -0.976.